The number of amides is 1. The fraction of sp³-hybridized carbons (Fsp3) is 0.333. The highest BCUT2D eigenvalue weighted by molar-refractivity contribution is 8.00. The van der Waals surface area contributed by atoms with Crippen LogP contribution in [0.5, 0.6) is 0 Å². The van der Waals surface area contributed by atoms with Crippen molar-refractivity contribution in [2.24, 2.45) is 5.73 Å². The van der Waals surface area contributed by atoms with Gasteiger partial charge < -0.3 is 10.6 Å². The fourth-order valence-electron chi connectivity index (χ4n) is 1.77. The molecule has 17 heavy (non-hydrogen) atoms. The van der Waals surface area contributed by atoms with E-state index < -0.39 is 0 Å². The summed E-state index contributed by atoms with van der Waals surface area (Å²) in [6.07, 6.45) is 0. The Morgan fingerprint density at radius 3 is 2.94 bits per heavy atom. The highest BCUT2D eigenvalue weighted by Gasteiger charge is 2.25. The van der Waals surface area contributed by atoms with Crippen LogP contribution in [0.4, 0.5) is 5.69 Å². The third kappa shape index (κ3) is 2.50. The number of anilines is 1. The minimum atomic E-state index is -0.0214. The Morgan fingerprint density at radius 1 is 1.53 bits per heavy atom. The molecule has 5 heteroatoms. The molecule has 2 N–H and O–H groups in total. The normalized spacial score (nSPS) is 14.7. The summed E-state index contributed by atoms with van der Waals surface area (Å²) in [4.78, 5) is 25.6. The molecule has 1 aliphatic rings. The van der Waals surface area contributed by atoms with Crippen LogP contribution in [0, 0.1) is 0 Å². The summed E-state index contributed by atoms with van der Waals surface area (Å²) in [5, 5.41) is 0. The van der Waals surface area contributed by atoms with Crippen molar-refractivity contribution in [1.29, 1.82) is 0 Å². The molecule has 1 aliphatic heterocycles. The molecule has 0 aliphatic carbocycles. The molecule has 0 radical (unpaired) electrons. The monoisotopic (exact) mass is 250 g/mol. The van der Waals surface area contributed by atoms with E-state index in [1.807, 2.05) is 18.2 Å². The van der Waals surface area contributed by atoms with Gasteiger partial charge in [-0.2, -0.15) is 0 Å². The summed E-state index contributed by atoms with van der Waals surface area (Å²) in [5.41, 5.74) is 7.36. The first-order chi connectivity index (χ1) is 8.11. The van der Waals surface area contributed by atoms with Gasteiger partial charge in [-0.25, -0.2) is 0 Å². The van der Waals surface area contributed by atoms with E-state index in [0.717, 1.165) is 16.1 Å². The number of carbonyl (C=O) groups is 2. The predicted molar refractivity (Wildman–Crippen MR) is 68.1 cm³/mol. The van der Waals surface area contributed by atoms with Crippen molar-refractivity contribution in [2.75, 3.05) is 17.2 Å². The van der Waals surface area contributed by atoms with Crippen LogP contribution in [-0.4, -0.2) is 24.0 Å². The van der Waals surface area contributed by atoms with Crippen molar-refractivity contribution >= 4 is 29.1 Å². The second-order valence-electron chi connectivity index (χ2n) is 3.98. The third-order valence-electron chi connectivity index (χ3n) is 2.58. The molecule has 1 amide bonds. The average Bonchev–Trinajstić information content (AvgIpc) is 2.32. The topological polar surface area (TPSA) is 63.4 Å². The molecule has 1 heterocycles. The maximum atomic E-state index is 11.8. The standard InChI is InChI=1S/C12H14N2O2S/c1-8(15)6-14-10-4-9(5-13)2-3-11(10)17-7-12(14)16/h2-4H,5-7,13H2,1H3. The Kier molecular flexibility index (Phi) is 3.49. The fourth-order valence-corrected chi connectivity index (χ4v) is 2.69. The number of ketones is 1. The minimum absolute atomic E-state index is 0.0191. The maximum Gasteiger partial charge on any atom is 0.237 e. The van der Waals surface area contributed by atoms with Crippen LogP contribution in [0.25, 0.3) is 0 Å². The lowest BCUT2D eigenvalue weighted by Gasteiger charge is -2.28. The molecule has 0 atom stereocenters. The van der Waals surface area contributed by atoms with Crippen molar-refractivity contribution in [3.05, 3.63) is 23.8 Å². The summed E-state index contributed by atoms with van der Waals surface area (Å²) in [5.74, 6) is 0.351. The minimum Gasteiger partial charge on any atom is -0.326 e. The molecule has 4 nitrogen and oxygen atoms in total. The Hall–Kier alpha value is -1.33. The molecular weight excluding hydrogens is 236 g/mol. The summed E-state index contributed by atoms with van der Waals surface area (Å²) < 4.78 is 0. The van der Waals surface area contributed by atoms with Gasteiger partial charge in [0.2, 0.25) is 5.91 Å². The zero-order valence-electron chi connectivity index (χ0n) is 9.60. The average molecular weight is 250 g/mol. The molecule has 0 saturated carbocycles. The van der Waals surface area contributed by atoms with E-state index in [4.69, 9.17) is 5.73 Å². The van der Waals surface area contributed by atoms with Gasteiger partial charge in [0, 0.05) is 11.4 Å². The quantitative estimate of drug-likeness (QED) is 0.874. The Balaban J connectivity index is 2.41. The van der Waals surface area contributed by atoms with Crippen LogP contribution in [-0.2, 0) is 16.1 Å². The Morgan fingerprint density at radius 2 is 2.29 bits per heavy atom. The van der Waals surface area contributed by atoms with Gasteiger partial charge in [-0.3, -0.25) is 9.59 Å². The second-order valence-corrected chi connectivity index (χ2v) is 4.99. The highest BCUT2D eigenvalue weighted by atomic mass is 32.2. The van der Waals surface area contributed by atoms with Gasteiger partial charge in [0.25, 0.3) is 0 Å². The predicted octanol–water partition coefficient (Wildman–Crippen LogP) is 1.17. The molecule has 1 aromatic rings. The summed E-state index contributed by atoms with van der Waals surface area (Å²) >= 11 is 1.50. The molecule has 0 saturated heterocycles. The molecule has 90 valence electrons. The molecule has 0 fully saturated rings. The molecule has 0 aromatic heterocycles. The zero-order chi connectivity index (χ0) is 12.4. The van der Waals surface area contributed by atoms with Crippen LogP contribution in [0.1, 0.15) is 12.5 Å². The molecule has 0 bridgehead atoms. The van der Waals surface area contributed by atoms with Crippen molar-refractivity contribution in [1.82, 2.24) is 0 Å². The molecule has 1 aromatic carbocycles. The number of benzene rings is 1. The van der Waals surface area contributed by atoms with Crippen LogP contribution < -0.4 is 10.6 Å². The van der Waals surface area contributed by atoms with Crippen molar-refractivity contribution in [3.63, 3.8) is 0 Å². The number of hydrogen-bond donors (Lipinski definition) is 1. The third-order valence-corrected chi connectivity index (χ3v) is 3.63. The zero-order valence-corrected chi connectivity index (χ0v) is 10.4. The number of rotatable bonds is 3. The highest BCUT2D eigenvalue weighted by Crippen LogP contribution is 2.35. The molecular formula is C12H14N2O2S. The van der Waals surface area contributed by atoms with E-state index in [9.17, 15) is 9.59 Å². The summed E-state index contributed by atoms with van der Waals surface area (Å²) in [7, 11) is 0. The van der Waals surface area contributed by atoms with Crippen molar-refractivity contribution in [3.8, 4) is 0 Å². The van der Waals surface area contributed by atoms with E-state index in [2.05, 4.69) is 0 Å². The lowest BCUT2D eigenvalue weighted by Crippen LogP contribution is -2.38. The molecule has 0 unspecified atom stereocenters. The Bertz CT molecular complexity index is 474. The first-order valence-electron chi connectivity index (χ1n) is 5.37. The number of hydrogen-bond acceptors (Lipinski definition) is 4. The van der Waals surface area contributed by atoms with Crippen LogP contribution in [0.3, 0.4) is 0 Å². The Labute approximate surface area is 104 Å². The number of nitrogens with two attached hydrogens (primary N) is 1. The summed E-state index contributed by atoms with van der Waals surface area (Å²) in [6, 6.07) is 5.80. The van der Waals surface area contributed by atoms with Crippen LogP contribution >= 0.6 is 11.8 Å². The van der Waals surface area contributed by atoms with E-state index in [0.29, 0.717) is 12.3 Å². The first kappa shape index (κ1) is 12.1. The van der Waals surface area contributed by atoms with Gasteiger partial charge in [0.1, 0.15) is 5.78 Å². The van der Waals surface area contributed by atoms with Gasteiger partial charge in [-0.1, -0.05) is 6.07 Å². The van der Waals surface area contributed by atoms with Gasteiger partial charge in [0.05, 0.1) is 18.0 Å². The largest absolute Gasteiger partial charge is 0.326 e. The van der Waals surface area contributed by atoms with Crippen LogP contribution in [0.15, 0.2) is 23.1 Å². The van der Waals surface area contributed by atoms with Gasteiger partial charge in [-0.15, -0.1) is 11.8 Å². The van der Waals surface area contributed by atoms with Crippen molar-refractivity contribution in [2.45, 2.75) is 18.4 Å². The van der Waals surface area contributed by atoms with Gasteiger partial charge in [0.15, 0.2) is 0 Å². The van der Waals surface area contributed by atoms with E-state index in [-0.39, 0.29) is 18.2 Å². The number of carbonyl (C=O) groups excluding carboxylic acids is 2. The van der Waals surface area contributed by atoms with E-state index >= 15 is 0 Å². The van der Waals surface area contributed by atoms with Crippen molar-refractivity contribution < 1.29 is 9.59 Å². The first-order valence-corrected chi connectivity index (χ1v) is 6.36. The van der Waals surface area contributed by atoms with Crippen LogP contribution in [0.2, 0.25) is 0 Å². The number of thioether (sulfide) groups is 1. The summed E-state index contributed by atoms with van der Waals surface area (Å²) in [6.45, 7) is 2.06. The lowest BCUT2D eigenvalue weighted by atomic mass is 10.1. The maximum absolute atomic E-state index is 11.8. The number of fused-ring (bicyclic) bond motifs is 1. The van der Waals surface area contributed by atoms with E-state index in [1.54, 1.807) is 4.90 Å². The second kappa shape index (κ2) is 4.89. The van der Waals surface area contributed by atoms with Gasteiger partial charge >= 0.3 is 0 Å². The number of Topliss-reactive ketones (excluding diaryl/α,β-unsaturated/α-hetero) is 1. The van der Waals surface area contributed by atoms with Gasteiger partial charge in [-0.05, 0) is 24.6 Å². The smallest absolute Gasteiger partial charge is 0.237 e. The number of nitrogens with zero attached hydrogens (tertiary/aromatic N) is 1. The molecule has 0 spiro atoms. The van der Waals surface area contributed by atoms with E-state index in [1.165, 1.54) is 18.7 Å². The molecule has 2 rings (SSSR count). The lowest BCUT2D eigenvalue weighted by molar-refractivity contribution is -0.120. The SMILES string of the molecule is CC(=O)CN1C(=O)CSc2ccc(CN)cc21.